The van der Waals surface area contributed by atoms with Gasteiger partial charge in [-0.15, -0.1) is 0 Å². The van der Waals surface area contributed by atoms with E-state index in [2.05, 4.69) is 15.5 Å². The number of benzene rings is 2. The van der Waals surface area contributed by atoms with Crippen LogP contribution in [0.4, 0.5) is 10.1 Å². The maximum absolute atomic E-state index is 13.0. The summed E-state index contributed by atoms with van der Waals surface area (Å²) in [5.74, 6) is 1.32. The fourth-order valence-corrected chi connectivity index (χ4v) is 3.51. The quantitative estimate of drug-likeness (QED) is 0.556. The second kappa shape index (κ2) is 9.52. The molecule has 0 aliphatic heterocycles. The van der Waals surface area contributed by atoms with Gasteiger partial charge in [-0.05, 0) is 80.6 Å². The van der Waals surface area contributed by atoms with E-state index in [1.54, 1.807) is 12.1 Å². The first-order chi connectivity index (χ1) is 14.7. The molecule has 6 nitrogen and oxygen atoms in total. The van der Waals surface area contributed by atoms with Gasteiger partial charge in [0.15, 0.2) is 0 Å². The van der Waals surface area contributed by atoms with Crippen molar-refractivity contribution in [2.75, 3.05) is 5.32 Å². The lowest BCUT2D eigenvalue weighted by molar-refractivity contribution is -0.116. The van der Waals surface area contributed by atoms with E-state index in [1.807, 2.05) is 24.3 Å². The van der Waals surface area contributed by atoms with Crippen LogP contribution < -0.4 is 10.1 Å². The molecule has 0 spiro atoms. The molecule has 1 aliphatic rings. The predicted octanol–water partition coefficient (Wildman–Crippen LogP) is 5.16. The van der Waals surface area contributed by atoms with E-state index in [-0.39, 0.29) is 11.7 Å². The molecule has 1 N–H and O–H groups in total. The number of carbonyl (C=O) groups excluding carboxylic acids is 1. The molecule has 1 heterocycles. The van der Waals surface area contributed by atoms with Gasteiger partial charge < -0.3 is 14.6 Å². The molecule has 3 aromatic rings. The van der Waals surface area contributed by atoms with Crippen LogP contribution in [-0.4, -0.2) is 22.2 Å². The molecule has 1 saturated carbocycles. The minimum Gasteiger partial charge on any atom is -0.490 e. The van der Waals surface area contributed by atoms with Gasteiger partial charge in [0, 0.05) is 24.1 Å². The molecule has 0 saturated heterocycles. The highest BCUT2D eigenvalue weighted by atomic mass is 19.1. The lowest BCUT2D eigenvalue weighted by Crippen LogP contribution is -2.12. The summed E-state index contributed by atoms with van der Waals surface area (Å²) >= 11 is 0. The SMILES string of the molecule is O=C(CCCc1nc(-c2ccc(F)cc2)no1)Nc1ccc(OC2CCCC2)cc1. The number of aryl methyl sites for hydroxylation is 1. The number of ether oxygens (including phenoxy) is 1. The highest BCUT2D eigenvalue weighted by molar-refractivity contribution is 5.90. The number of halogens is 1. The van der Waals surface area contributed by atoms with Gasteiger partial charge in [0.05, 0.1) is 6.10 Å². The van der Waals surface area contributed by atoms with Gasteiger partial charge in [-0.2, -0.15) is 4.98 Å². The Hall–Kier alpha value is -3.22. The number of nitrogens with zero attached hydrogens (tertiary/aromatic N) is 2. The second-order valence-electron chi connectivity index (χ2n) is 7.47. The highest BCUT2D eigenvalue weighted by Crippen LogP contribution is 2.25. The average Bonchev–Trinajstić information content (AvgIpc) is 3.42. The van der Waals surface area contributed by atoms with Gasteiger partial charge in [-0.3, -0.25) is 4.79 Å². The van der Waals surface area contributed by atoms with Crippen molar-refractivity contribution in [2.24, 2.45) is 0 Å². The van der Waals surface area contributed by atoms with E-state index in [0.717, 1.165) is 24.3 Å². The Labute approximate surface area is 174 Å². The average molecular weight is 409 g/mol. The number of hydrogen-bond acceptors (Lipinski definition) is 5. The van der Waals surface area contributed by atoms with Crippen molar-refractivity contribution in [2.45, 2.75) is 51.0 Å². The lowest BCUT2D eigenvalue weighted by Gasteiger charge is -2.13. The van der Waals surface area contributed by atoms with Crippen molar-refractivity contribution < 1.29 is 18.4 Å². The van der Waals surface area contributed by atoms with Crippen molar-refractivity contribution in [1.29, 1.82) is 0 Å². The molecule has 1 aliphatic carbocycles. The molecule has 4 rings (SSSR count). The first kappa shape index (κ1) is 20.1. The molecule has 30 heavy (non-hydrogen) atoms. The minimum absolute atomic E-state index is 0.0715. The van der Waals surface area contributed by atoms with Crippen LogP contribution in [-0.2, 0) is 11.2 Å². The van der Waals surface area contributed by atoms with Crippen LogP contribution in [0.5, 0.6) is 5.75 Å². The van der Waals surface area contributed by atoms with E-state index in [1.165, 1.54) is 25.0 Å². The van der Waals surface area contributed by atoms with E-state index in [0.29, 0.717) is 42.6 Å². The number of aromatic nitrogens is 2. The zero-order valence-electron chi connectivity index (χ0n) is 16.6. The Kier molecular flexibility index (Phi) is 6.37. The third kappa shape index (κ3) is 5.43. The lowest BCUT2D eigenvalue weighted by atomic mass is 10.2. The van der Waals surface area contributed by atoms with Crippen molar-refractivity contribution in [3.63, 3.8) is 0 Å². The van der Waals surface area contributed by atoms with E-state index in [4.69, 9.17) is 9.26 Å². The van der Waals surface area contributed by atoms with Crippen LogP contribution in [0.25, 0.3) is 11.4 Å². The molecular weight excluding hydrogens is 385 g/mol. The Morgan fingerprint density at radius 1 is 1.10 bits per heavy atom. The summed E-state index contributed by atoms with van der Waals surface area (Å²) in [5.41, 5.74) is 1.43. The fourth-order valence-electron chi connectivity index (χ4n) is 3.51. The third-order valence-electron chi connectivity index (χ3n) is 5.11. The zero-order valence-corrected chi connectivity index (χ0v) is 16.6. The number of carbonyl (C=O) groups is 1. The molecule has 0 atom stereocenters. The van der Waals surface area contributed by atoms with Crippen LogP contribution >= 0.6 is 0 Å². The summed E-state index contributed by atoms with van der Waals surface area (Å²) < 4.78 is 24.2. The zero-order chi connectivity index (χ0) is 20.8. The summed E-state index contributed by atoms with van der Waals surface area (Å²) in [6.07, 6.45) is 6.43. The molecule has 156 valence electrons. The molecule has 1 aromatic heterocycles. The first-order valence-corrected chi connectivity index (χ1v) is 10.3. The Bertz CT molecular complexity index is 964. The van der Waals surface area contributed by atoms with Gasteiger partial charge in [-0.1, -0.05) is 5.16 Å². The minimum atomic E-state index is -0.315. The Balaban J connectivity index is 1.21. The number of anilines is 1. The first-order valence-electron chi connectivity index (χ1n) is 10.3. The molecule has 1 fully saturated rings. The predicted molar refractivity (Wildman–Crippen MR) is 111 cm³/mol. The van der Waals surface area contributed by atoms with Crippen molar-refractivity contribution >= 4 is 11.6 Å². The molecule has 1 amide bonds. The summed E-state index contributed by atoms with van der Waals surface area (Å²) in [6, 6.07) is 13.4. The summed E-state index contributed by atoms with van der Waals surface area (Å²) in [4.78, 5) is 16.5. The summed E-state index contributed by atoms with van der Waals surface area (Å²) in [6.45, 7) is 0. The van der Waals surface area contributed by atoms with E-state index in [9.17, 15) is 9.18 Å². The smallest absolute Gasteiger partial charge is 0.226 e. The molecule has 0 unspecified atom stereocenters. The standard InChI is InChI=1S/C23H24FN3O3/c24-17-10-8-16(9-11-17)23-26-22(30-27-23)7-3-6-21(28)25-18-12-14-20(15-13-18)29-19-4-1-2-5-19/h8-15,19H,1-7H2,(H,25,28). The maximum Gasteiger partial charge on any atom is 0.226 e. The van der Waals surface area contributed by atoms with Gasteiger partial charge in [0.2, 0.25) is 17.6 Å². The van der Waals surface area contributed by atoms with Gasteiger partial charge in [0.25, 0.3) is 0 Å². The topological polar surface area (TPSA) is 77.2 Å². The maximum atomic E-state index is 13.0. The largest absolute Gasteiger partial charge is 0.490 e. The normalized spacial score (nSPS) is 14.0. The van der Waals surface area contributed by atoms with Crippen LogP contribution in [0.2, 0.25) is 0 Å². The molecule has 7 heteroatoms. The van der Waals surface area contributed by atoms with Crippen molar-refractivity contribution in [3.05, 3.63) is 60.2 Å². The summed E-state index contributed by atoms with van der Waals surface area (Å²) in [5, 5.41) is 6.79. The Morgan fingerprint density at radius 3 is 2.57 bits per heavy atom. The molecule has 2 aromatic carbocycles. The van der Waals surface area contributed by atoms with E-state index >= 15 is 0 Å². The number of hydrogen-bond donors (Lipinski definition) is 1. The van der Waals surface area contributed by atoms with Crippen LogP contribution in [0.1, 0.15) is 44.4 Å². The Morgan fingerprint density at radius 2 is 1.83 bits per heavy atom. The number of rotatable bonds is 8. The fraction of sp³-hybridized carbons (Fsp3) is 0.348. The van der Waals surface area contributed by atoms with Crippen LogP contribution in [0.3, 0.4) is 0 Å². The highest BCUT2D eigenvalue weighted by Gasteiger charge is 2.16. The number of nitrogens with one attached hydrogen (secondary N) is 1. The third-order valence-corrected chi connectivity index (χ3v) is 5.11. The number of amides is 1. The molecular formula is C23H24FN3O3. The molecule has 0 radical (unpaired) electrons. The van der Waals surface area contributed by atoms with Crippen molar-refractivity contribution in [1.82, 2.24) is 10.1 Å². The van der Waals surface area contributed by atoms with Crippen LogP contribution in [0, 0.1) is 5.82 Å². The summed E-state index contributed by atoms with van der Waals surface area (Å²) in [7, 11) is 0. The monoisotopic (exact) mass is 409 g/mol. The van der Waals surface area contributed by atoms with Crippen molar-refractivity contribution in [3.8, 4) is 17.1 Å². The van der Waals surface area contributed by atoms with Gasteiger partial charge in [0.1, 0.15) is 11.6 Å². The van der Waals surface area contributed by atoms with E-state index < -0.39 is 0 Å². The second-order valence-corrected chi connectivity index (χ2v) is 7.47. The molecule has 0 bridgehead atoms. The van der Waals surface area contributed by atoms with Gasteiger partial charge in [-0.25, -0.2) is 4.39 Å². The van der Waals surface area contributed by atoms with Gasteiger partial charge >= 0.3 is 0 Å². The van der Waals surface area contributed by atoms with Crippen LogP contribution in [0.15, 0.2) is 53.1 Å².